The molecule has 0 heterocycles. The van der Waals surface area contributed by atoms with Gasteiger partial charge in [0.05, 0.1) is 7.11 Å². The van der Waals surface area contributed by atoms with Crippen molar-refractivity contribution in [2.24, 2.45) is 85.8 Å². The maximum absolute atomic E-state index is 15.1. The number of hydrogen-bond donors (Lipinski definition) is 1. The van der Waals surface area contributed by atoms with E-state index in [2.05, 4.69) is 74.2 Å². The first-order valence-corrected chi connectivity index (χ1v) is 21.2. The number of nitrogens with one attached hydrogen (secondary N) is 1. The van der Waals surface area contributed by atoms with Crippen LogP contribution in [0.1, 0.15) is 160 Å². The van der Waals surface area contributed by atoms with E-state index in [1.54, 1.807) is 0 Å². The number of rotatable bonds is 9. The van der Waals surface area contributed by atoms with Gasteiger partial charge in [-0.3, -0.25) is 9.59 Å². The maximum atomic E-state index is 15.1. The van der Waals surface area contributed by atoms with Crippen molar-refractivity contribution >= 4 is 17.7 Å². The van der Waals surface area contributed by atoms with E-state index < -0.39 is 6.04 Å². The van der Waals surface area contributed by atoms with Gasteiger partial charge in [0.1, 0.15) is 11.8 Å². The molecule has 51 heavy (non-hydrogen) atoms. The van der Waals surface area contributed by atoms with Crippen molar-refractivity contribution in [2.75, 3.05) is 7.11 Å². The minimum Gasteiger partial charge on any atom is -0.467 e. The van der Waals surface area contributed by atoms with Crippen molar-refractivity contribution in [1.82, 2.24) is 5.32 Å². The quantitative estimate of drug-likeness (QED) is 0.191. The van der Waals surface area contributed by atoms with E-state index in [0.29, 0.717) is 59.0 Å². The zero-order valence-corrected chi connectivity index (χ0v) is 34.8. The Morgan fingerprint density at radius 2 is 1.51 bits per heavy atom. The summed E-state index contributed by atoms with van der Waals surface area (Å²) < 4.78 is 5.02. The summed E-state index contributed by atoms with van der Waals surface area (Å²) in [6.07, 6.45) is 14.1. The van der Waals surface area contributed by atoms with Crippen LogP contribution in [-0.2, 0) is 19.1 Å². The van der Waals surface area contributed by atoms with Crippen molar-refractivity contribution in [3.8, 4) is 0 Å². The van der Waals surface area contributed by atoms with Crippen molar-refractivity contribution < 1.29 is 19.1 Å². The van der Waals surface area contributed by atoms with Gasteiger partial charge in [-0.25, -0.2) is 4.79 Å². The molecule has 0 unspecified atom stereocenters. The first-order valence-electron chi connectivity index (χ1n) is 21.2. The minimum absolute atomic E-state index is 0.0725. The fourth-order valence-corrected chi connectivity index (χ4v) is 15.1. The molecule has 1 N–H and O–H groups in total. The molecule has 0 aromatic heterocycles. The van der Waals surface area contributed by atoms with Crippen molar-refractivity contribution in [3.05, 3.63) is 12.2 Å². The number of fused-ring (bicyclic) bond motifs is 7. The van der Waals surface area contributed by atoms with E-state index in [-0.39, 0.29) is 45.9 Å². The van der Waals surface area contributed by atoms with Gasteiger partial charge in [0.25, 0.3) is 0 Å². The summed E-state index contributed by atoms with van der Waals surface area (Å²) >= 11 is 0. The normalized spacial score (nSPS) is 45.6. The van der Waals surface area contributed by atoms with E-state index in [1.807, 2.05) is 13.8 Å². The number of esters is 1. The molecule has 6 aliphatic carbocycles. The summed E-state index contributed by atoms with van der Waals surface area (Å²) in [5.41, 5.74) is 2.03. The number of ketones is 1. The second-order valence-corrected chi connectivity index (χ2v) is 21.8. The summed E-state index contributed by atoms with van der Waals surface area (Å²) in [6, 6.07) is -0.629. The second-order valence-electron chi connectivity index (χ2n) is 21.8. The fourth-order valence-electron chi connectivity index (χ4n) is 15.1. The van der Waals surface area contributed by atoms with Crippen LogP contribution in [0.25, 0.3) is 0 Å². The molecule has 0 saturated heterocycles. The minimum atomic E-state index is -0.629. The van der Waals surface area contributed by atoms with Crippen LogP contribution in [0, 0.1) is 85.8 Å². The van der Waals surface area contributed by atoms with Crippen molar-refractivity contribution in [1.29, 1.82) is 0 Å². The molecule has 6 aliphatic rings. The van der Waals surface area contributed by atoms with E-state index in [4.69, 9.17) is 4.74 Å². The van der Waals surface area contributed by atoms with Crippen LogP contribution in [0.4, 0.5) is 0 Å². The van der Waals surface area contributed by atoms with Crippen LogP contribution in [0.2, 0.25) is 0 Å². The number of carbonyl (C=O) groups excluding carboxylic acids is 3. The molecule has 0 bridgehead atoms. The highest BCUT2D eigenvalue weighted by Gasteiger charge is 2.72. The Morgan fingerprint density at radius 3 is 2.12 bits per heavy atom. The number of amides is 1. The Morgan fingerprint density at radius 1 is 0.824 bits per heavy atom. The third-order valence-corrected chi connectivity index (χ3v) is 18.9. The molecule has 5 nitrogen and oxygen atoms in total. The van der Waals surface area contributed by atoms with Gasteiger partial charge in [-0.05, 0) is 158 Å². The Hall–Kier alpha value is -1.65. The van der Waals surface area contributed by atoms with Gasteiger partial charge < -0.3 is 10.1 Å². The average molecular weight is 706 g/mol. The van der Waals surface area contributed by atoms with Gasteiger partial charge in [0.2, 0.25) is 5.91 Å². The topological polar surface area (TPSA) is 72.5 Å². The Bertz CT molecular complexity index is 1410. The average Bonchev–Trinajstić information content (AvgIpc) is 3.45. The van der Waals surface area contributed by atoms with Gasteiger partial charge >= 0.3 is 5.97 Å². The van der Waals surface area contributed by atoms with Crippen LogP contribution >= 0.6 is 0 Å². The van der Waals surface area contributed by atoms with Crippen LogP contribution in [0.3, 0.4) is 0 Å². The molecule has 13 atom stereocenters. The third-order valence-electron chi connectivity index (χ3n) is 18.9. The Kier molecular flexibility index (Phi) is 9.95. The van der Waals surface area contributed by atoms with E-state index in [0.717, 1.165) is 37.0 Å². The van der Waals surface area contributed by atoms with E-state index >= 15 is 4.79 Å². The van der Waals surface area contributed by atoms with Crippen LogP contribution in [-0.4, -0.2) is 30.8 Å². The lowest BCUT2D eigenvalue weighted by atomic mass is 9.31. The highest BCUT2D eigenvalue weighted by atomic mass is 16.5. The van der Waals surface area contributed by atoms with Gasteiger partial charge in [0, 0.05) is 17.8 Å². The lowest BCUT2D eigenvalue weighted by Gasteiger charge is -2.73. The summed E-state index contributed by atoms with van der Waals surface area (Å²) in [5, 5.41) is 3.03. The molecule has 6 saturated carbocycles. The van der Waals surface area contributed by atoms with E-state index in [1.165, 1.54) is 57.6 Å². The third kappa shape index (κ3) is 5.67. The highest BCUT2D eigenvalue weighted by molar-refractivity contribution is 5.89. The number of allylic oxidation sites excluding steroid dienone is 1. The molecule has 5 heteroatoms. The largest absolute Gasteiger partial charge is 0.467 e. The Balaban J connectivity index is 1.23. The first-order chi connectivity index (χ1) is 23.6. The predicted octanol–water partition coefficient (Wildman–Crippen LogP) is 10.6. The molecule has 0 spiro atoms. The molecule has 1 amide bonds. The number of ether oxygens (including phenoxy) is 1. The first kappa shape index (κ1) is 39.1. The van der Waals surface area contributed by atoms with Gasteiger partial charge in [-0.1, -0.05) is 81.4 Å². The highest BCUT2D eigenvalue weighted by Crippen LogP contribution is 2.78. The maximum Gasteiger partial charge on any atom is 0.328 e. The second kappa shape index (κ2) is 13.0. The van der Waals surface area contributed by atoms with Crippen LogP contribution in [0.5, 0.6) is 0 Å². The molecule has 0 aromatic rings. The number of methoxy groups -OCH3 is 1. The molecule has 0 aromatic carbocycles. The Labute approximate surface area is 312 Å². The van der Waals surface area contributed by atoms with Crippen LogP contribution < -0.4 is 5.32 Å². The lowest BCUT2D eigenvalue weighted by Crippen LogP contribution is -2.66. The molecule has 288 valence electrons. The summed E-state index contributed by atoms with van der Waals surface area (Å²) in [7, 11) is 1.38. The molecule has 6 fully saturated rings. The molecule has 0 aliphatic heterocycles. The molecule has 6 rings (SSSR count). The summed E-state index contributed by atoms with van der Waals surface area (Å²) in [5.74, 6) is 3.94. The van der Waals surface area contributed by atoms with Crippen molar-refractivity contribution in [3.63, 3.8) is 0 Å². The SMILES string of the molecule is C=C(C)[C@@H]1CC[C@]2(C(=O)C[C@@H]3C[C@H](C(=O)N[C@@H](CC(C)C)C(=O)OC)C3(C)C)CC[C@]3(C)[C@H](CC[C@@H]4[C@@]5(C)CC[C@H](C)C(C)(C)[C@@H]5CC[C@]43C)[C@@H]12. The predicted molar refractivity (Wildman–Crippen MR) is 207 cm³/mol. The van der Waals surface area contributed by atoms with Gasteiger partial charge in [-0.2, -0.15) is 0 Å². The molecular formula is C46H75NO4. The van der Waals surface area contributed by atoms with Crippen LogP contribution in [0.15, 0.2) is 12.2 Å². The van der Waals surface area contributed by atoms with Gasteiger partial charge in [-0.15, -0.1) is 0 Å². The fraction of sp³-hybridized carbons (Fsp3) is 0.891. The van der Waals surface area contributed by atoms with Crippen molar-refractivity contribution in [2.45, 2.75) is 166 Å². The number of hydrogen-bond acceptors (Lipinski definition) is 4. The lowest BCUT2D eigenvalue weighted by molar-refractivity contribution is -0.240. The molecular weight excluding hydrogens is 631 g/mol. The number of Topliss-reactive ketones (excluding diaryl/α,β-unsaturated/α-hetero) is 1. The summed E-state index contributed by atoms with van der Waals surface area (Å²) in [6.45, 7) is 31.0. The zero-order chi connectivity index (χ0) is 37.7. The smallest absolute Gasteiger partial charge is 0.328 e. The number of carbonyl (C=O) groups is 3. The monoisotopic (exact) mass is 706 g/mol. The van der Waals surface area contributed by atoms with Gasteiger partial charge in [0.15, 0.2) is 0 Å². The standard InChI is InChI=1S/C46H75NO4/c1-27(2)24-34(40(50)51-13)47-39(49)33-25-30(42(33,8)9)26-37(48)46-21-17-31(28(3)4)38(46)32-14-15-36-43(10)19-16-29(5)41(6,7)35(43)18-20-45(36,12)44(32,11)22-23-46/h27,29-36,38H,3,14-26H2,1-2,4-13H3,(H,47,49)/t29-,30-,31-,32+,33+,34-,35-,36+,38+,43-,44+,45+,46+/m0/s1. The van der Waals surface area contributed by atoms with E-state index in [9.17, 15) is 9.59 Å². The zero-order valence-electron chi connectivity index (χ0n) is 34.8. The molecule has 0 radical (unpaired) electrons. The summed E-state index contributed by atoms with van der Waals surface area (Å²) in [4.78, 5) is 41.1.